The fourth-order valence-corrected chi connectivity index (χ4v) is 4.25. The van der Waals surface area contributed by atoms with Gasteiger partial charge in [-0.15, -0.1) is 0 Å². The third-order valence-corrected chi connectivity index (χ3v) is 6.09. The van der Waals surface area contributed by atoms with Crippen molar-refractivity contribution in [2.24, 2.45) is 0 Å². The number of halogens is 1. The summed E-state index contributed by atoms with van der Waals surface area (Å²) < 4.78 is 13.4. The summed E-state index contributed by atoms with van der Waals surface area (Å²) in [7, 11) is 0. The summed E-state index contributed by atoms with van der Waals surface area (Å²) in [5.41, 5.74) is -1.25. The first-order valence-electron chi connectivity index (χ1n) is 10.3. The summed E-state index contributed by atoms with van der Waals surface area (Å²) in [6.45, 7) is 4.37. The number of nitrogens with zero attached hydrogens (tertiary/aromatic N) is 2. The molecule has 1 saturated heterocycles. The molecule has 0 radical (unpaired) electrons. The van der Waals surface area contributed by atoms with Gasteiger partial charge in [0.25, 0.3) is 5.91 Å². The van der Waals surface area contributed by atoms with Gasteiger partial charge in [-0.1, -0.05) is 31.2 Å². The predicted octanol–water partition coefficient (Wildman–Crippen LogP) is 2.75. The minimum atomic E-state index is -1.39. The number of anilines is 2. The first kappa shape index (κ1) is 21.5. The van der Waals surface area contributed by atoms with Gasteiger partial charge >= 0.3 is 6.03 Å². The molecule has 2 aliphatic heterocycles. The smallest absolute Gasteiger partial charge is 0.322 e. The van der Waals surface area contributed by atoms with Crippen LogP contribution in [0.3, 0.4) is 0 Å². The van der Waals surface area contributed by atoms with E-state index in [4.69, 9.17) is 0 Å². The number of imide groups is 1. The Bertz CT molecular complexity index is 1130. The van der Waals surface area contributed by atoms with Gasteiger partial charge in [-0.3, -0.25) is 24.2 Å². The average Bonchev–Trinajstić information content (AvgIpc) is 3.00. The molecule has 0 spiro atoms. The third kappa shape index (κ3) is 3.12. The Kier molecular flexibility index (Phi) is 4.99. The number of carbonyl (C=O) groups is 4. The molecule has 166 valence electrons. The molecular weight excluding hydrogens is 415 g/mol. The van der Waals surface area contributed by atoms with E-state index in [-0.39, 0.29) is 12.3 Å². The lowest BCUT2D eigenvalue weighted by molar-refractivity contribution is -0.135. The van der Waals surface area contributed by atoms with Crippen LogP contribution in [0.15, 0.2) is 48.5 Å². The number of benzene rings is 2. The average molecular weight is 438 g/mol. The number of amides is 5. The van der Waals surface area contributed by atoms with E-state index in [2.05, 4.69) is 10.6 Å². The number of para-hydroxylation sites is 2. The molecule has 2 aliphatic rings. The number of carbonyl (C=O) groups excluding carboxylic acids is 4. The van der Waals surface area contributed by atoms with E-state index in [0.29, 0.717) is 16.9 Å². The highest BCUT2D eigenvalue weighted by Gasteiger charge is 2.53. The number of hydrogen-bond donors (Lipinski definition) is 2. The van der Waals surface area contributed by atoms with E-state index >= 15 is 0 Å². The Balaban J connectivity index is 1.66. The summed E-state index contributed by atoms with van der Waals surface area (Å²) in [6.07, 6.45) is 0.217. The van der Waals surface area contributed by atoms with Gasteiger partial charge in [0.15, 0.2) is 0 Å². The molecule has 32 heavy (non-hydrogen) atoms. The van der Waals surface area contributed by atoms with Crippen molar-refractivity contribution in [3.05, 3.63) is 59.9 Å². The van der Waals surface area contributed by atoms with Crippen molar-refractivity contribution in [3.63, 3.8) is 0 Å². The van der Waals surface area contributed by atoms with Crippen molar-refractivity contribution in [2.45, 2.75) is 38.3 Å². The number of rotatable bonds is 4. The van der Waals surface area contributed by atoms with Crippen LogP contribution in [0, 0.1) is 5.82 Å². The minimum Gasteiger partial charge on any atom is -0.322 e. The number of hydrogen-bond acceptors (Lipinski definition) is 4. The van der Waals surface area contributed by atoms with Crippen molar-refractivity contribution in [1.82, 2.24) is 10.2 Å². The van der Waals surface area contributed by atoms with Gasteiger partial charge in [-0.25, -0.2) is 9.18 Å². The van der Waals surface area contributed by atoms with E-state index in [1.807, 2.05) is 0 Å². The Hall–Kier alpha value is -3.75. The molecule has 0 aromatic heterocycles. The summed E-state index contributed by atoms with van der Waals surface area (Å²) in [6, 6.07) is 11.4. The molecule has 1 fully saturated rings. The monoisotopic (exact) mass is 438 g/mol. The van der Waals surface area contributed by atoms with Crippen LogP contribution in [-0.4, -0.2) is 40.7 Å². The van der Waals surface area contributed by atoms with Gasteiger partial charge in [-0.05, 0) is 50.1 Å². The topological polar surface area (TPSA) is 98.8 Å². The van der Waals surface area contributed by atoms with E-state index in [1.165, 1.54) is 29.2 Å². The number of urea groups is 1. The van der Waals surface area contributed by atoms with Gasteiger partial charge in [0, 0.05) is 0 Å². The first-order chi connectivity index (χ1) is 15.1. The Morgan fingerprint density at radius 3 is 2.34 bits per heavy atom. The molecule has 0 unspecified atom stereocenters. The molecular formula is C23H23FN4O4. The fraction of sp³-hybridized carbons (Fsp3) is 0.304. The zero-order chi connectivity index (χ0) is 23.3. The Labute approximate surface area is 184 Å². The lowest BCUT2D eigenvalue weighted by Crippen LogP contribution is -2.60. The van der Waals surface area contributed by atoms with Gasteiger partial charge in [0.2, 0.25) is 11.8 Å². The highest BCUT2D eigenvalue weighted by molar-refractivity contribution is 6.16. The zero-order valence-electron chi connectivity index (χ0n) is 17.9. The van der Waals surface area contributed by atoms with Gasteiger partial charge < -0.3 is 10.6 Å². The van der Waals surface area contributed by atoms with Crippen molar-refractivity contribution < 1.29 is 23.6 Å². The number of nitrogens with one attached hydrogen (secondary N) is 2. The van der Waals surface area contributed by atoms with Crippen LogP contribution in [0.4, 0.5) is 20.6 Å². The quantitative estimate of drug-likeness (QED) is 0.717. The van der Waals surface area contributed by atoms with Crippen LogP contribution in [0.25, 0.3) is 0 Å². The molecule has 0 aliphatic carbocycles. The van der Waals surface area contributed by atoms with Crippen LogP contribution < -0.4 is 15.5 Å². The second-order valence-electron chi connectivity index (χ2n) is 8.35. The molecule has 9 heteroatoms. The molecule has 1 atom stereocenters. The molecule has 5 amide bonds. The zero-order valence-corrected chi connectivity index (χ0v) is 17.9. The highest BCUT2D eigenvalue weighted by Crippen LogP contribution is 2.38. The maximum absolute atomic E-state index is 13.4. The van der Waals surface area contributed by atoms with Gasteiger partial charge in [0.05, 0.1) is 11.4 Å². The van der Waals surface area contributed by atoms with E-state index < -0.39 is 41.3 Å². The Morgan fingerprint density at radius 2 is 1.69 bits per heavy atom. The molecule has 2 aromatic rings. The normalized spacial score (nSPS) is 21.8. The second-order valence-corrected chi connectivity index (χ2v) is 8.35. The van der Waals surface area contributed by atoms with Crippen molar-refractivity contribution in [2.75, 3.05) is 16.8 Å². The summed E-state index contributed by atoms with van der Waals surface area (Å²) in [5, 5.41) is 5.45. The molecule has 2 heterocycles. The largest absolute Gasteiger partial charge is 0.325 e. The lowest BCUT2D eigenvalue weighted by Gasteiger charge is -2.42. The summed E-state index contributed by atoms with van der Waals surface area (Å²) in [5.74, 6) is -2.02. The highest BCUT2D eigenvalue weighted by atomic mass is 19.1. The molecule has 4 rings (SSSR count). The van der Waals surface area contributed by atoms with Crippen molar-refractivity contribution >= 4 is 35.1 Å². The van der Waals surface area contributed by atoms with E-state index in [0.717, 1.165) is 4.90 Å². The van der Waals surface area contributed by atoms with E-state index in [9.17, 15) is 23.6 Å². The van der Waals surface area contributed by atoms with Crippen LogP contribution in [0.1, 0.15) is 32.8 Å². The standard InChI is InChI=1S/C23H23FN4O4/c1-4-23(14-9-11-15(24)12-10-14)20(31)27(21(32)26-23)13-18(29)28-17-8-6-5-7-16(17)25-19(30)22(28,2)3/h5-12H,4,13H2,1-3H3,(H,25,30)(H,26,32)/t23-/m1/s1. The molecule has 2 aromatic carbocycles. The van der Waals surface area contributed by atoms with Crippen molar-refractivity contribution in [3.8, 4) is 0 Å². The number of fused-ring (bicyclic) bond motifs is 1. The predicted molar refractivity (Wildman–Crippen MR) is 115 cm³/mol. The van der Waals surface area contributed by atoms with Crippen molar-refractivity contribution in [1.29, 1.82) is 0 Å². The maximum atomic E-state index is 13.4. The lowest BCUT2D eigenvalue weighted by atomic mass is 9.87. The third-order valence-electron chi connectivity index (χ3n) is 6.09. The van der Waals surface area contributed by atoms with Gasteiger partial charge in [0.1, 0.15) is 23.4 Å². The minimum absolute atomic E-state index is 0.217. The molecule has 8 nitrogen and oxygen atoms in total. The SMILES string of the molecule is CC[C@]1(c2ccc(F)cc2)NC(=O)N(CC(=O)N2c3ccccc3NC(=O)C2(C)C)C1=O. The maximum Gasteiger partial charge on any atom is 0.325 e. The molecule has 0 saturated carbocycles. The van der Waals surface area contributed by atoms with Crippen LogP contribution in [-0.2, 0) is 19.9 Å². The first-order valence-corrected chi connectivity index (χ1v) is 10.3. The van der Waals surface area contributed by atoms with Gasteiger partial charge in [-0.2, -0.15) is 0 Å². The van der Waals surface area contributed by atoms with Crippen LogP contribution >= 0.6 is 0 Å². The molecule has 0 bridgehead atoms. The van der Waals surface area contributed by atoms with Crippen LogP contribution in [0.2, 0.25) is 0 Å². The Morgan fingerprint density at radius 1 is 1.03 bits per heavy atom. The molecule has 2 N–H and O–H groups in total. The fourth-order valence-electron chi connectivity index (χ4n) is 4.25. The second kappa shape index (κ2) is 7.44. The summed E-state index contributed by atoms with van der Waals surface area (Å²) >= 11 is 0. The van der Waals surface area contributed by atoms with E-state index in [1.54, 1.807) is 45.0 Å². The van der Waals surface area contributed by atoms with Crippen LogP contribution in [0.5, 0.6) is 0 Å². The summed E-state index contributed by atoms with van der Waals surface area (Å²) in [4.78, 5) is 54.3.